The number of nitrogens with one attached hydrogen (secondary N) is 1. The zero-order valence-electron chi connectivity index (χ0n) is 13.5. The van der Waals surface area contributed by atoms with Crippen LogP contribution in [0.5, 0.6) is 0 Å². The molecule has 3 rings (SSSR count). The van der Waals surface area contributed by atoms with Gasteiger partial charge in [0, 0.05) is 10.6 Å². The van der Waals surface area contributed by atoms with Crippen molar-refractivity contribution in [2.24, 2.45) is 5.92 Å². The van der Waals surface area contributed by atoms with Crippen LogP contribution in [-0.4, -0.2) is 27.9 Å². The van der Waals surface area contributed by atoms with E-state index >= 15 is 0 Å². The molecular weight excluding hydrogens is 330 g/mol. The number of hydrogen-bond donors (Lipinski definition) is 1. The summed E-state index contributed by atoms with van der Waals surface area (Å²) in [4.78, 5) is 29.9. The smallest absolute Gasteiger partial charge is 0.325 e. The molecule has 1 aromatic carbocycles. The zero-order chi connectivity index (χ0) is 17.3. The largest absolute Gasteiger partial charge is 0.444 e. The summed E-state index contributed by atoms with van der Waals surface area (Å²) in [6, 6.07) is 6.28. The van der Waals surface area contributed by atoms with Gasteiger partial charge in [-0.15, -0.1) is 0 Å². The van der Waals surface area contributed by atoms with E-state index in [0.29, 0.717) is 28.9 Å². The number of aromatic nitrogens is 1. The van der Waals surface area contributed by atoms with E-state index in [2.05, 4.69) is 10.3 Å². The van der Waals surface area contributed by atoms with E-state index < -0.39 is 12.1 Å². The van der Waals surface area contributed by atoms with E-state index in [-0.39, 0.29) is 12.5 Å². The minimum Gasteiger partial charge on any atom is -0.444 e. The molecule has 0 bridgehead atoms. The van der Waals surface area contributed by atoms with Gasteiger partial charge in [-0.05, 0) is 30.5 Å². The van der Waals surface area contributed by atoms with Crippen molar-refractivity contribution in [1.29, 1.82) is 0 Å². The van der Waals surface area contributed by atoms with E-state index in [1.54, 1.807) is 18.2 Å². The Labute approximate surface area is 144 Å². The van der Waals surface area contributed by atoms with Crippen molar-refractivity contribution in [3.8, 4) is 11.5 Å². The molecule has 1 N–H and O–H groups in total. The summed E-state index contributed by atoms with van der Waals surface area (Å²) in [5.41, 5.74) is 1.25. The minimum atomic E-state index is -0.461. The van der Waals surface area contributed by atoms with Gasteiger partial charge in [-0.1, -0.05) is 31.5 Å². The Hall–Kier alpha value is -2.34. The molecule has 0 radical (unpaired) electrons. The first-order valence-electron chi connectivity index (χ1n) is 7.76. The van der Waals surface area contributed by atoms with Crippen LogP contribution >= 0.6 is 11.6 Å². The summed E-state index contributed by atoms with van der Waals surface area (Å²) in [7, 11) is 0. The van der Waals surface area contributed by atoms with Crippen molar-refractivity contribution in [2.45, 2.75) is 32.9 Å². The number of halogens is 1. The summed E-state index contributed by atoms with van der Waals surface area (Å²) in [6.07, 6.45) is 2.07. The van der Waals surface area contributed by atoms with Crippen LogP contribution in [0.1, 0.15) is 26.0 Å². The summed E-state index contributed by atoms with van der Waals surface area (Å²) in [5, 5.41) is 3.29. The lowest BCUT2D eigenvalue weighted by molar-refractivity contribution is -0.128. The number of rotatable bonds is 5. The molecule has 1 aliphatic heterocycles. The highest BCUT2D eigenvalue weighted by Crippen LogP contribution is 2.23. The van der Waals surface area contributed by atoms with Crippen molar-refractivity contribution in [3.05, 3.63) is 41.2 Å². The number of nitrogens with zero attached hydrogens (tertiary/aromatic N) is 2. The number of carbonyl (C=O) groups is 2. The highest BCUT2D eigenvalue weighted by atomic mass is 35.5. The standard InChI is InChI=1S/C17H18ClN3O3/c1-10(2)6-14-16(22)21(17(23)20-14)8-13-9-24-15(19-13)11-4-3-5-12(18)7-11/h3-5,7,9-10,14H,6,8H2,1-2H3,(H,20,23). The fraction of sp³-hybridized carbons (Fsp3) is 0.353. The number of urea groups is 1. The maximum atomic E-state index is 12.3. The number of carbonyl (C=O) groups excluding carboxylic acids is 2. The van der Waals surface area contributed by atoms with Gasteiger partial charge < -0.3 is 9.73 Å². The van der Waals surface area contributed by atoms with Gasteiger partial charge in [0.15, 0.2) is 0 Å². The first kappa shape index (κ1) is 16.5. The quantitative estimate of drug-likeness (QED) is 0.840. The summed E-state index contributed by atoms with van der Waals surface area (Å²) in [6.45, 7) is 4.11. The molecule has 3 amide bonds. The van der Waals surface area contributed by atoms with Crippen molar-refractivity contribution >= 4 is 23.5 Å². The van der Waals surface area contributed by atoms with Crippen LogP contribution in [0.2, 0.25) is 5.02 Å². The van der Waals surface area contributed by atoms with Crippen LogP contribution in [0.25, 0.3) is 11.5 Å². The van der Waals surface area contributed by atoms with E-state index in [1.807, 2.05) is 19.9 Å². The number of amides is 3. The van der Waals surface area contributed by atoms with Gasteiger partial charge in [0.2, 0.25) is 5.89 Å². The molecule has 0 saturated carbocycles. The molecule has 7 heteroatoms. The normalized spacial score (nSPS) is 17.7. The Morgan fingerprint density at radius 2 is 2.17 bits per heavy atom. The van der Waals surface area contributed by atoms with E-state index in [9.17, 15) is 9.59 Å². The molecule has 2 aromatic rings. The number of benzene rings is 1. The van der Waals surface area contributed by atoms with Gasteiger partial charge in [0.1, 0.15) is 12.3 Å². The maximum Gasteiger partial charge on any atom is 0.325 e. The predicted octanol–water partition coefficient (Wildman–Crippen LogP) is 3.46. The van der Waals surface area contributed by atoms with Gasteiger partial charge in [0.05, 0.1) is 12.2 Å². The van der Waals surface area contributed by atoms with E-state index in [1.165, 1.54) is 11.2 Å². The molecule has 0 spiro atoms. The van der Waals surface area contributed by atoms with Gasteiger partial charge in [-0.2, -0.15) is 0 Å². The highest BCUT2D eigenvalue weighted by molar-refractivity contribution is 6.30. The molecule has 1 aromatic heterocycles. The van der Waals surface area contributed by atoms with Gasteiger partial charge in [-0.3, -0.25) is 9.69 Å². The lowest BCUT2D eigenvalue weighted by atomic mass is 10.0. The van der Waals surface area contributed by atoms with Crippen LogP contribution in [-0.2, 0) is 11.3 Å². The maximum absolute atomic E-state index is 12.3. The Morgan fingerprint density at radius 1 is 1.38 bits per heavy atom. The van der Waals surface area contributed by atoms with Crippen LogP contribution in [0.15, 0.2) is 34.9 Å². The van der Waals surface area contributed by atoms with E-state index in [4.69, 9.17) is 16.0 Å². The molecule has 2 heterocycles. The van der Waals surface area contributed by atoms with Gasteiger partial charge >= 0.3 is 6.03 Å². The molecule has 126 valence electrons. The second-order valence-corrected chi connectivity index (χ2v) is 6.65. The number of hydrogen-bond acceptors (Lipinski definition) is 4. The van der Waals surface area contributed by atoms with Crippen molar-refractivity contribution in [2.75, 3.05) is 0 Å². The van der Waals surface area contributed by atoms with E-state index in [0.717, 1.165) is 5.56 Å². The predicted molar refractivity (Wildman–Crippen MR) is 89.3 cm³/mol. The first-order valence-corrected chi connectivity index (χ1v) is 8.14. The van der Waals surface area contributed by atoms with Crippen molar-refractivity contribution in [1.82, 2.24) is 15.2 Å². The van der Waals surface area contributed by atoms with Crippen LogP contribution in [0, 0.1) is 5.92 Å². The minimum absolute atomic E-state index is 0.0866. The molecule has 24 heavy (non-hydrogen) atoms. The summed E-state index contributed by atoms with van der Waals surface area (Å²) >= 11 is 5.96. The zero-order valence-corrected chi connectivity index (χ0v) is 14.2. The summed E-state index contributed by atoms with van der Waals surface area (Å²) in [5.74, 6) is 0.500. The molecule has 1 fully saturated rings. The van der Waals surface area contributed by atoms with Gasteiger partial charge in [0.25, 0.3) is 5.91 Å². The molecule has 1 saturated heterocycles. The Bertz CT molecular complexity index is 772. The molecular formula is C17H18ClN3O3. The summed E-state index contributed by atoms with van der Waals surface area (Å²) < 4.78 is 5.44. The Morgan fingerprint density at radius 3 is 2.88 bits per heavy atom. The van der Waals surface area contributed by atoms with Gasteiger partial charge in [-0.25, -0.2) is 9.78 Å². The fourth-order valence-corrected chi connectivity index (χ4v) is 2.84. The third-order valence-electron chi connectivity index (χ3n) is 3.76. The highest BCUT2D eigenvalue weighted by Gasteiger charge is 2.38. The van der Waals surface area contributed by atoms with Crippen LogP contribution in [0.4, 0.5) is 4.79 Å². The number of oxazole rings is 1. The topological polar surface area (TPSA) is 75.4 Å². The van der Waals surface area contributed by atoms with Crippen LogP contribution < -0.4 is 5.32 Å². The monoisotopic (exact) mass is 347 g/mol. The van der Waals surface area contributed by atoms with Crippen molar-refractivity contribution < 1.29 is 14.0 Å². The SMILES string of the molecule is CC(C)CC1NC(=O)N(Cc2coc(-c3cccc(Cl)c3)n2)C1=O. The van der Waals surface area contributed by atoms with Crippen molar-refractivity contribution in [3.63, 3.8) is 0 Å². The Balaban J connectivity index is 1.73. The second-order valence-electron chi connectivity index (χ2n) is 6.21. The third-order valence-corrected chi connectivity index (χ3v) is 3.99. The second kappa shape index (κ2) is 6.65. The molecule has 0 aliphatic carbocycles. The average Bonchev–Trinajstić information content (AvgIpc) is 3.08. The number of imide groups is 1. The third kappa shape index (κ3) is 3.43. The first-order chi connectivity index (χ1) is 11.4. The fourth-order valence-electron chi connectivity index (χ4n) is 2.65. The lowest BCUT2D eigenvalue weighted by Crippen LogP contribution is -2.31. The molecule has 6 nitrogen and oxygen atoms in total. The molecule has 1 atom stereocenters. The Kier molecular flexibility index (Phi) is 4.57. The average molecular weight is 348 g/mol. The molecule has 1 unspecified atom stereocenters. The lowest BCUT2D eigenvalue weighted by Gasteiger charge is -2.12. The molecule has 1 aliphatic rings. The van der Waals surface area contributed by atoms with Crippen LogP contribution in [0.3, 0.4) is 0 Å².